The number of carboxylic acid groups (broad SMARTS) is 1. The second-order valence-corrected chi connectivity index (χ2v) is 3.85. The maximum atomic E-state index is 12.4. The molecule has 0 aromatic heterocycles. The van der Waals surface area contributed by atoms with Gasteiger partial charge >= 0.3 is 63.4 Å². The van der Waals surface area contributed by atoms with Gasteiger partial charge in [0.1, 0.15) is 11.6 Å². The van der Waals surface area contributed by atoms with Gasteiger partial charge in [0.2, 0.25) is 0 Å². The van der Waals surface area contributed by atoms with Gasteiger partial charge in [-0.25, -0.2) is 4.79 Å². The van der Waals surface area contributed by atoms with Crippen LogP contribution in [0.2, 0.25) is 0 Å². The number of carbonyl (C=O) groups is 2. The molecule has 88 valence electrons. The van der Waals surface area contributed by atoms with E-state index in [0.29, 0.717) is 0 Å². The predicted octanol–water partition coefficient (Wildman–Crippen LogP) is -3.10. The van der Waals surface area contributed by atoms with Crippen molar-refractivity contribution in [3.05, 3.63) is 0 Å². The summed E-state index contributed by atoms with van der Waals surface area (Å²) in [7, 11) is 0. The van der Waals surface area contributed by atoms with Gasteiger partial charge in [0.05, 0.1) is 6.54 Å². The summed E-state index contributed by atoms with van der Waals surface area (Å²) in [6, 6.07) is 0. The fourth-order valence-corrected chi connectivity index (χ4v) is 0.570. The molecule has 0 aliphatic rings. The van der Waals surface area contributed by atoms with Crippen molar-refractivity contribution in [2.24, 2.45) is 0 Å². The Kier molecular flexibility index (Phi) is 7.96. The first-order valence-electron chi connectivity index (χ1n) is 4.11. The second-order valence-electron chi connectivity index (χ2n) is 3.85. The average molecular weight is 263 g/mol. The third-order valence-electron chi connectivity index (χ3n) is 1.15. The molecule has 0 aliphatic heterocycles. The first-order valence-corrected chi connectivity index (χ1v) is 4.11. The molecule has 5 nitrogen and oxygen atoms in total. The number of ether oxygens (including phenoxy) is 1. The number of carbonyl (C=O) groups excluding carboxylic acids is 2. The molecule has 0 atom stereocenters. The minimum Gasteiger partial charge on any atom is -0.544 e. The number of hydrogen-bond donors (Lipinski definition) is 1. The molecule has 16 heavy (non-hydrogen) atoms. The van der Waals surface area contributed by atoms with E-state index < -0.39 is 30.1 Å². The molecule has 0 rings (SSSR count). The zero-order valence-electron chi connectivity index (χ0n) is 9.60. The minimum atomic E-state index is -4.10. The van der Waals surface area contributed by atoms with Crippen LogP contribution in [-0.4, -0.2) is 30.1 Å². The minimum absolute atomic E-state index is 0. The predicted molar refractivity (Wildman–Crippen MR) is 44.2 cm³/mol. The molecule has 0 radical (unpaired) electrons. The molecule has 0 unspecified atom stereocenters. The van der Waals surface area contributed by atoms with Crippen LogP contribution in [0.4, 0.5) is 13.6 Å². The monoisotopic (exact) mass is 263 g/mol. The van der Waals surface area contributed by atoms with Gasteiger partial charge in [-0.15, -0.1) is 0 Å². The van der Waals surface area contributed by atoms with Crippen LogP contribution >= 0.6 is 0 Å². The third-order valence-corrected chi connectivity index (χ3v) is 1.15. The van der Waals surface area contributed by atoms with Crippen LogP contribution < -0.4 is 61.8 Å². The molecule has 0 fully saturated rings. The van der Waals surface area contributed by atoms with Crippen LogP contribution in [0.3, 0.4) is 0 Å². The SMILES string of the molecule is CC(C)(C)OC(=O)NCC(F)(F)C(=O)[O-].[K+]. The van der Waals surface area contributed by atoms with E-state index in [9.17, 15) is 23.5 Å². The largest absolute Gasteiger partial charge is 1.00 e. The van der Waals surface area contributed by atoms with Crippen LogP contribution in [0.15, 0.2) is 0 Å². The summed E-state index contributed by atoms with van der Waals surface area (Å²) in [6.45, 7) is 3.28. The molecule has 0 spiro atoms. The van der Waals surface area contributed by atoms with Crippen molar-refractivity contribution in [3.63, 3.8) is 0 Å². The van der Waals surface area contributed by atoms with Gasteiger partial charge in [-0.3, -0.25) is 0 Å². The van der Waals surface area contributed by atoms with E-state index in [1.807, 2.05) is 0 Å². The van der Waals surface area contributed by atoms with Crippen LogP contribution in [0, 0.1) is 0 Å². The Bertz CT molecular complexity index is 265. The Hall–Kier alpha value is 0.236. The summed E-state index contributed by atoms with van der Waals surface area (Å²) in [4.78, 5) is 20.7. The molecule has 1 N–H and O–H groups in total. The number of carboxylic acids is 1. The first kappa shape index (κ1) is 18.6. The van der Waals surface area contributed by atoms with E-state index >= 15 is 0 Å². The van der Waals surface area contributed by atoms with Gasteiger partial charge in [-0.05, 0) is 20.8 Å². The summed E-state index contributed by atoms with van der Waals surface area (Å²) >= 11 is 0. The van der Waals surface area contributed by atoms with Crippen molar-refractivity contribution in [1.82, 2.24) is 5.32 Å². The molecular formula is C8H12F2KNO4. The standard InChI is InChI=1S/C8H13F2NO4.K/c1-7(2,3)15-6(14)11-4-8(9,10)5(12)13;/h4H2,1-3H3,(H,11,14)(H,12,13);/q;+1/p-1. The zero-order chi connectivity index (χ0) is 12.3. The van der Waals surface area contributed by atoms with Crippen LogP contribution in [0.1, 0.15) is 20.8 Å². The van der Waals surface area contributed by atoms with Crippen molar-refractivity contribution >= 4 is 12.1 Å². The smallest absolute Gasteiger partial charge is 0.544 e. The van der Waals surface area contributed by atoms with Crippen molar-refractivity contribution in [1.29, 1.82) is 0 Å². The fourth-order valence-electron chi connectivity index (χ4n) is 0.570. The van der Waals surface area contributed by atoms with Gasteiger partial charge in [-0.2, -0.15) is 8.78 Å². The molecule has 0 saturated carbocycles. The summed E-state index contributed by atoms with van der Waals surface area (Å²) in [5.74, 6) is -6.64. The second kappa shape index (κ2) is 6.85. The van der Waals surface area contributed by atoms with Crippen molar-refractivity contribution in [2.75, 3.05) is 6.54 Å². The molecular weight excluding hydrogens is 251 g/mol. The Balaban J connectivity index is 0. The van der Waals surface area contributed by atoms with Gasteiger partial charge in [0.25, 0.3) is 0 Å². The van der Waals surface area contributed by atoms with Gasteiger partial charge in [-0.1, -0.05) is 0 Å². The van der Waals surface area contributed by atoms with Gasteiger partial charge in [0, 0.05) is 0 Å². The van der Waals surface area contributed by atoms with E-state index in [2.05, 4.69) is 4.74 Å². The van der Waals surface area contributed by atoms with E-state index in [0.717, 1.165) is 0 Å². The summed E-state index contributed by atoms with van der Waals surface area (Å²) in [6.07, 6.45) is -1.11. The van der Waals surface area contributed by atoms with E-state index in [-0.39, 0.29) is 51.4 Å². The van der Waals surface area contributed by atoms with E-state index in [1.165, 1.54) is 0 Å². The summed E-state index contributed by atoms with van der Waals surface area (Å²) < 4.78 is 29.4. The fraction of sp³-hybridized carbons (Fsp3) is 0.750. The maximum Gasteiger partial charge on any atom is 1.00 e. The number of halogens is 2. The molecule has 0 heterocycles. The number of nitrogens with one attached hydrogen (secondary N) is 1. The Morgan fingerprint density at radius 1 is 1.31 bits per heavy atom. The Labute approximate surface area is 134 Å². The summed E-state index contributed by atoms with van der Waals surface area (Å²) in [5, 5.41) is 11.5. The number of hydrogen-bond acceptors (Lipinski definition) is 4. The molecule has 1 amide bonds. The average Bonchev–Trinajstić information content (AvgIpc) is 1.97. The number of rotatable bonds is 3. The van der Waals surface area contributed by atoms with Crippen molar-refractivity contribution in [3.8, 4) is 0 Å². The molecule has 0 aromatic rings. The van der Waals surface area contributed by atoms with E-state index in [4.69, 9.17) is 0 Å². The van der Waals surface area contributed by atoms with Crippen molar-refractivity contribution < 1.29 is 79.6 Å². The number of alkyl halides is 2. The van der Waals surface area contributed by atoms with Crippen LogP contribution in [0.5, 0.6) is 0 Å². The molecule has 0 aromatic carbocycles. The number of alkyl carbamates (subject to hydrolysis) is 1. The molecule has 0 aliphatic carbocycles. The topological polar surface area (TPSA) is 78.5 Å². The van der Waals surface area contributed by atoms with Gasteiger partial charge in [0.15, 0.2) is 0 Å². The van der Waals surface area contributed by atoms with Crippen LogP contribution in [-0.2, 0) is 9.53 Å². The van der Waals surface area contributed by atoms with Crippen molar-refractivity contribution in [2.45, 2.75) is 32.3 Å². The van der Waals surface area contributed by atoms with Crippen LogP contribution in [0.25, 0.3) is 0 Å². The Morgan fingerprint density at radius 3 is 2.06 bits per heavy atom. The first-order chi connectivity index (χ1) is 6.54. The quantitative estimate of drug-likeness (QED) is 0.547. The maximum absolute atomic E-state index is 12.4. The third kappa shape index (κ3) is 8.40. The number of aliphatic carboxylic acids is 1. The molecule has 0 bridgehead atoms. The van der Waals surface area contributed by atoms with E-state index in [1.54, 1.807) is 26.1 Å². The van der Waals surface area contributed by atoms with Gasteiger partial charge < -0.3 is 20.0 Å². The molecule has 8 heteroatoms. The Morgan fingerprint density at radius 2 is 1.75 bits per heavy atom. The summed E-state index contributed by atoms with van der Waals surface area (Å²) in [5.41, 5.74) is -0.832. The normalized spacial score (nSPS) is 11.3. The molecule has 0 saturated heterocycles. The zero-order valence-corrected chi connectivity index (χ0v) is 12.7. The number of amides is 1.